The molecular weight excluding hydrogens is 278 g/mol. The Kier molecular flexibility index (Phi) is 5.61. The van der Waals surface area contributed by atoms with Gasteiger partial charge in [0.05, 0.1) is 19.8 Å². The van der Waals surface area contributed by atoms with E-state index in [1.165, 1.54) is 26.7 Å². The first-order chi connectivity index (χ1) is 9.85. The van der Waals surface area contributed by atoms with Crippen LogP contribution < -0.4 is 0 Å². The Morgan fingerprint density at radius 2 is 1.62 bits per heavy atom. The van der Waals surface area contributed by atoms with Crippen molar-refractivity contribution in [3.05, 3.63) is 36.4 Å². The maximum absolute atomic E-state index is 11.3. The minimum atomic E-state index is -0.990. The minimum Gasteiger partial charge on any atom is -0.476 e. The number of imidazole rings is 2. The van der Waals surface area contributed by atoms with Gasteiger partial charge in [0, 0.05) is 33.5 Å². The van der Waals surface area contributed by atoms with E-state index in [1.807, 2.05) is 0 Å². The van der Waals surface area contributed by atoms with Crippen molar-refractivity contribution in [3.8, 4) is 0 Å². The summed E-state index contributed by atoms with van der Waals surface area (Å²) in [4.78, 5) is 33.6. The summed E-state index contributed by atoms with van der Waals surface area (Å²) in [6.45, 7) is 0. The number of aromatic nitrogens is 4. The molecule has 0 saturated heterocycles. The van der Waals surface area contributed by atoms with Crippen LogP contribution in [0.15, 0.2) is 25.0 Å². The molecule has 0 aliphatic heterocycles. The Balaban J connectivity index is 0.000000219. The summed E-state index contributed by atoms with van der Waals surface area (Å²) in [7, 11) is 6.49. The number of amides is 1. The molecule has 2 heterocycles. The third-order valence-electron chi connectivity index (χ3n) is 2.41. The number of aryl methyl sites for hydroxylation is 2. The number of carboxylic acids is 1. The Morgan fingerprint density at radius 3 is 1.90 bits per heavy atom. The lowest BCUT2D eigenvalue weighted by atomic mass is 10.4. The van der Waals surface area contributed by atoms with Crippen molar-refractivity contribution in [2.75, 3.05) is 14.2 Å². The van der Waals surface area contributed by atoms with Crippen molar-refractivity contribution in [2.45, 2.75) is 0 Å². The average molecular weight is 295 g/mol. The lowest BCUT2D eigenvalue weighted by molar-refractivity contribution is -0.0760. The molecular formula is C12H17N5O4. The molecule has 1 amide bonds. The largest absolute Gasteiger partial charge is 0.476 e. The SMILES string of the molecule is CON(C)C(=O)c1cn(C)cn1.Cn1cnc(C(=O)O)c1. The van der Waals surface area contributed by atoms with Gasteiger partial charge in [0.2, 0.25) is 0 Å². The third-order valence-corrected chi connectivity index (χ3v) is 2.41. The van der Waals surface area contributed by atoms with E-state index in [9.17, 15) is 9.59 Å². The number of hydrogen-bond donors (Lipinski definition) is 1. The standard InChI is InChI=1S/C7H11N3O2.C5H6N2O2/c1-9-4-6(8-5-9)7(11)10(2)12-3;1-7-2-4(5(8)9)6-3-7/h4-5H,1-3H3;2-3H,1H3,(H,8,9). The first-order valence-corrected chi connectivity index (χ1v) is 5.86. The second-order valence-electron chi connectivity index (χ2n) is 4.14. The predicted molar refractivity (Wildman–Crippen MR) is 72.5 cm³/mol. The van der Waals surface area contributed by atoms with Crippen LogP contribution in [0.2, 0.25) is 0 Å². The van der Waals surface area contributed by atoms with Gasteiger partial charge in [0.15, 0.2) is 5.69 Å². The van der Waals surface area contributed by atoms with Crippen LogP contribution in [-0.4, -0.2) is 55.3 Å². The molecule has 114 valence electrons. The van der Waals surface area contributed by atoms with Crippen LogP contribution in [0.25, 0.3) is 0 Å². The summed E-state index contributed by atoms with van der Waals surface area (Å²) in [5, 5.41) is 9.45. The summed E-state index contributed by atoms with van der Waals surface area (Å²) in [6.07, 6.45) is 6.10. The highest BCUT2D eigenvalue weighted by atomic mass is 16.7. The van der Waals surface area contributed by atoms with Gasteiger partial charge in [-0.1, -0.05) is 0 Å². The van der Waals surface area contributed by atoms with Gasteiger partial charge < -0.3 is 14.2 Å². The highest BCUT2D eigenvalue weighted by Gasteiger charge is 2.13. The van der Waals surface area contributed by atoms with Crippen LogP contribution in [0.1, 0.15) is 21.0 Å². The molecule has 0 aliphatic carbocycles. The first kappa shape index (κ1) is 16.4. The molecule has 0 aliphatic rings. The molecule has 0 unspecified atom stereocenters. The maximum atomic E-state index is 11.3. The molecule has 0 aromatic carbocycles. The van der Waals surface area contributed by atoms with Gasteiger partial charge in [0.1, 0.15) is 5.69 Å². The lowest BCUT2D eigenvalue weighted by Crippen LogP contribution is -2.25. The van der Waals surface area contributed by atoms with Gasteiger partial charge in [-0.05, 0) is 0 Å². The van der Waals surface area contributed by atoms with E-state index >= 15 is 0 Å². The van der Waals surface area contributed by atoms with Crippen molar-refractivity contribution in [3.63, 3.8) is 0 Å². The highest BCUT2D eigenvalue weighted by Crippen LogP contribution is 1.98. The van der Waals surface area contributed by atoms with Crippen molar-refractivity contribution < 1.29 is 19.5 Å². The molecule has 2 aromatic heterocycles. The number of aromatic carboxylic acids is 1. The van der Waals surface area contributed by atoms with Crippen LogP contribution in [0.5, 0.6) is 0 Å². The van der Waals surface area contributed by atoms with Crippen LogP contribution in [0.4, 0.5) is 0 Å². The van der Waals surface area contributed by atoms with Gasteiger partial charge in [-0.2, -0.15) is 0 Å². The first-order valence-electron chi connectivity index (χ1n) is 5.86. The molecule has 0 radical (unpaired) electrons. The minimum absolute atomic E-state index is 0.0810. The number of rotatable bonds is 3. The molecule has 0 fully saturated rings. The number of carbonyl (C=O) groups excluding carboxylic acids is 1. The van der Waals surface area contributed by atoms with Gasteiger partial charge in [0.25, 0.3) is 5.91 Å². The molecule has 2 rings (SSSR count). The van der Waals surface area contributed by atoms with Crippen LogP contribution in [0, 0.1) is 0 Å². The topological polar surface area (TPSA) is 102 Å². The second kappa shape index (κ2) is 7.20. The van der Waals surface area contributed by atoms with Crippen LogP contribution in [0.3, 0.4) is 0 Å². The molecule has 21 heavy (non-hydrogen) atoms. The zero-order chi connectivity index (χ0) is 16.0. The predicted octanol–water partition coefficient (Wildman–Crippen LogP) is 0.172. The number of nitrogens with zero attached hydrogens (tertiary/aromatic N) is 5. The molecule has 9 nitrogen and oxygen atoms in total. The van der Waals surface area contributed by atoms with E-state index in [0.29, 0.717) is 5.69 Å². The fourth-order valence-electron chi connectivity index (χ4n) is 1.29. The Morgan fingerprint density at radius 1 is 1.14 bits per heavy atom. The lowest BCUT2D eigenvalue weighted by Gasteiger charge is -2.10. The number of hydrogen-bond acceptors (Lipinski definition) is 5. The van der Waals surface area contributed by atoms with E-state index in [1.54, 1.807) is 35.8 Å². The van der Waals surface area contributed by atoms with E-state index in [4.69, 9.17) is 9.94 Å². The van der Waals surface area contributed by atoms with E-state index < -0.39 is 5.97 Å². The average Bonchev–Trinajstić information content (AvgIpc) is 3.06. The van der Waals surface area contributed by atoms with Crippen molar-refractivity contribution in [1.82, 2.24) is 24.2 Å². The highest BCUT2D eigenvalue weighted by molar-refractivity contribution is 5.91. The fourth-order valence-corrected chi connectivity index (χ4v) is 1.29. The number of hydroxylamine groups is 2. The zero-order valence-electron chi connectivity index (χ0n) is 12.2. The summed E-state index contributed by atoms with van der Waals surface area (Å²) in [5.41, 5.74) is 0.458. The molecule has 0 bridgehead atoms. The summed E-state index contributed by atoms with van der Waals surface area (Å²) in [5.74, 6) is -1.24. The third kappa shape index (κ3) is 4.73. The molecule has 2 aromatic rings. The van der Waals surface area contributed by atoms with E-state index in [-0.39, 0.29) is 11.6 Å². The maximum Gasteiger partial charge on any atom is 0.356 e. The second-order valence-corrected chi connectivity index (χ2v) is 4.14. The number of carboxylic acid groups (broad SMARTS) is 1. The fraction of sp³-hybridized carbons (Fsp3) is 0.333. The van der Waals surface area contributed by atoms with Gasteiger partial charge >= 0.3 is 5.97 Å². The quantitative estimate of drug-likeness (QED) is 0.810. The van der Waals surface area contributed by atoms with Crippen molar-refractivity contribution >= 4 is 11.9 Å². The Labute approximate surface area is 121 Å². The van der Waals surface area contributed by atoms with Gasteiger partial charge in [-0.25, -0.2) is 19.8 Å². The molecule has 0 saturated carbocycles. The Hall–Kier alpha value is -2.68. The molecule has 9 heteroatoms. The monoisotopic (exact) mass is 295 g/mol. The van der Waals surface area contributed by atoms with Gasteiger partial charge in [-0.3, -0.25) is 9.63 Å². The van der Waals surface area contributed by atoms with Crippen molar-refractivity contribution in [1.29, 1.82) is 0 Å². The summed E-state index contributed by atoms with van der Waals surface area (Å²) >= 11 is 0. The molecule has 1 N–H and O–H groups in total. The zero-order valence-corrected chi connectivity index (χ0v) is 12.2. The van der Waals surface area contributed by atoms with Crippen LogP contribution >= 0.6 is 0 Å². The van der Waals surface area contributed by atoms with E-state index in [0.717, 1.165) is 5.06 Å². The summed E-state index contributed by atoms with van der Waals surface area (Å²) in [6, 6.07) is 0. The van der Waals surface area contributed by atoms with Gasteiger partial charge in [-0.15, -0.1) is 0 Å². The smallest absolute Gasteiger partial charge is 0.356 e. The molecule has 0 spiro atoms. The normalized spacial score (nSPS) is 9.71. The van der Waals surface area contributed by atoms with Crippen molar-refractivity contribution in [2.24, 2.45) is 14.1 Å². The van der Waals surface area contributed by atoms with Crippen LogP contribution in [-0.2, 0) is 18.9 Å². The Bertz CT molecular complexity index is 619. The van der Waals surface area contributed by atoms with E-state index in [2.05, 4.69) is 9.97 Å². The number of carbonyl (C=O) groups is 2. The summed E-state index contributed by atoms with van der Waals surface area (Å²) < 4.78 is 3.29. The molecule has 0 atom stereocenters.